The molecule has 1 aromatic carbocycles. The average molecular weight is 274 g/mol. The Balaban J connectivity index is 1.69. The zero-order valence-corrected chi connectivity index (χ0v) is 12.4. The minimum absolute atomic E-state index is 0.454. The summed E-state index contributed by atoms with van der Waals surface area (Å²) in [5.41, 5.74) is 8.13. The molecule has 20 heavy (non-hydrogen) atoms. The molecule has 2 fully saturated rings. The van der Waals surface area contributed by atoms with E-state index < -0.39 is 0 Å². The summed E-state index contributed by atoms with van der Waals surface area (Å²) >= 11 is 0. The quantitative estimate of drug-likeness (QED) is 0.838. The number of hydrogen-bond donors (Lipinski definition) is 1. The fourth-order valence-corrected chi connectivity index (χ4v) is 3.50. The first-order valence-electron chi connectivity index (χ1n) is 7.89. The first-order valence-corrected chi connectivity index (χ1v) is 7.89. The summed E-state index contributed by atoms with van der Waals surface area (Å²) in [4.78, 5) is 2.71. The first-order chi connectivity index (χ1) is 9.76. The summed E-state index contributed by atoms with van der Waals surface area (Å²) in [5.74, 6) is 0. The van der Waals surface area contributed by atoms with E-state index in [1.807, 2.05) is 13.2 Å². The van der Waals surface area contributed by atoms with Gasteiger partial charge >= 0.3 is 0 Å². The molecule has 3 rings (SSSR count). The number of anilines is 1. The van der Waals surface area contributed by atoms with Gasteiger partial charge in [-0.2, -0.15) is 0 Å². The number of methoxy groups -OCH3 is 1. The minimum atomic E-state index is 0.454. The molecule has 0 heterocycles. The summed E-state index contributed by atoms with van der Waals surface area (Å²) in [7, 11) is 1.85. The Labute approximate surface area is 122 Å². The van der Waals surface area contributed by atoms with Crippen molar-refractivity contribution < 1.29 is 4.74 Å². The van der Waals surface area contributed by atoms with Crippen LogP contribution >= 0.6 is 0 Å². The van der Waals surface area contributed by atoms with Crippen LogP contribution in [-0.2, 0) is 11.3 Å². The third kappa shape index (κ3) is 3.33. The number of nitrogens with zero attached hydrogens (tertiary/aromatic N) is 1. The largest absolute Gasteiger partial charge is 0.399 e. The van der Waals surface area contributed by atoms with Crippen molar-refractivity contribution in [3.05, 3.63) is 29.8 Å². The van der Waals surface area contributed by atoms with Crippen LogP contribution in [0.3, 0.4) is 0 Å². The van der Waals surface area contributed by atoms with E-state index in [4.69, 9.17) is 10.5 Å². The van der Waals surface area contributed by atoms with Gasteiger partial charge in [-0.25, -0.2) is 0 Å². The van der Waals surface area contributed by atoms with E-state index in [1.54, 1.807) is 0 Å². The number of ether oxygens (including phenoxy) is 1. The number of nitrogens with two attached hydrogens (primary N) is 1. The van der Waals surface area contributed by atoms with E-state index in [9.17, 15) is 0 Å². The molecule has 1 aromatic rings. The van der Waals surface area contributed by atoms with Crippen LogP contribution in [0.2, 0.25) is 0 Å². The second kappa shape index (κ2) is 6.15. The Morgan fingerprint density at radius 2 is 2.05 bits per heavy atom. The minimum Gasteiger partial charge on any atom is -0.399 e. The van der Waals surface area contributed by atoms with E-state index in [-0.39, 0.29) is 0 Å². The van der Waals surface area contributed by atoms with Crippen LogP contribution in [-0.4, -0.2) is 30.2 Å². The highest BCUT2D eigenvalue weighted by molar-refractivity contribution is 5.40. The van der Waals surface area contributed by atoms with Crippen LogP contribution in [0, 0.1) is 0 Å². The molecule has 0 bridgehead atoms. The monoisotopic (exact) mass is 274 g/mol. The van der Waals surface area contributed by atoms with Crippen LogP contribution in [0.5, 0.6) is 0 Å². The normalized spacial score (nSPS) is 26.9. The molecule has 0 radical (unpaired) electrons. The van der Waals surface area contributed by atoms with Gasteiger partial charge in [-0.3, -0.25) is 4.90 Å². The van der Waals surface area contributed by atoms with Crippen molar-refractivity contribution in [3.63, 3.8) is 0 Å². The second-order valence-corrected chi connectivity index (χ2v) is 6.33. The molecule has 2 N–H and O–H groups in total. The molecule has 2 aliphatic carbocycles. The standard InChI is InChI=1S/C17H26N2O/c1-20-17-7-3-6-16(11-17)19(15-8-9-15)12-13-4-2-5-14(18)10-13/h2,4-5,10,15-17H,3,6-9,11-12,18H2,1H3. The number of hydrogen-bond acceptors (Lipinski definition) is 3. The van der Waals surface area contributed by atoms with Crippen molar-refractivity contribution in [2.24, 2.45) is 0 Å². The second-order valence-electron chi connectivity index (χ2n) is 6.33. The topological polar surface area (TPSA) is 38.5 Å². The highest BCUT2D eigenvalue weighted by atomic mass is 16.5. The van der Waals surface area contributed by atoms with Crippen LogP contribution in [0.1, 0.15) is 44.1 Å². The zero-order valence-electron chi connectivity index (χ0n) is 12.4. The maximum Gasteiger partial charge on any atom is 0.0586 e. The van der Waals surface area contributed by atoms with E-state index in [2.05, 4.69) is 23.1 Å². The Morgan fingerprint density at radius 3 is 2.75 bits per heavy atom. The number of rotatable bonds is 5. The predicted molar refractivity (Wildman–Crippen MR) is 82.5 cm³/mol. The van der Waals surface area contributed by atoms with Gasteiger partial charge in [-0.05, 0) is 56.2 Å². The molecular weight excluding hydrogens is 248 g/mol. The van der Waals surface area contributed by atoms with Gasteiger partial charge in [0.2, 0.25) is 0 Å². The first kappa shape index (κ1) is 13.9. The number of benzene rings is 1. The molecule has 110 valence electrons. The maximum atomic E-state index is 5.91. The van der Waals surface area contributed by atoms with E-state index in [0.29, 0.717) is 12.1 Å². The van der Waals surface area contributed by atoms with Gasteiger partial charge in [0, 0.05) is 31.4 Å². The van der Waals surface area contributed by atoms with Gasteiger partial charge in [0.25, 0.3) is 0 Å². The highest BCUT2D eigenvalue weighted by Gasteiger charge is 2.36. The third-order valence-corrected chi connectivity index (χ3v) is 4.73. The molecule has 2 atom stereocenters. The van der Waals surface area contributed by atoms with Gasteiger partial charge in [0.15, 0.2) is 0 Å². The number of nitrogen functional groups attached to an aromatic ring is 1. The molecule has 0 spiro atoms. The third-order valence-electron chi connectivity index (χ3n) is 4.73. The molecule has 3 nitrogen and oxygen atoms in total. The molecule has 3 heteroatoms. The van der Waals surface area contributed by atoms with Crippen molar-refractivity contribution in [2.75, 3.05) is 12.8 Å². The Morgan fingerprint density at radius 1 is 1.20 bits per heavy atom. The van der Waals surface area contributed by atoms with Crippen molar-refractivity contribution in [3.8, 4) is 0 Å². The lowest BCUT2D eigenvalue weighted by molar-refractivity contribution is 0.0228. The lowest BCUT2D eigenvalue weighted by Gasteiger charge is -2.37. The summed E-state index contributed by atoms with van der Waals surface area (Å²) in [5, 5.41) is 0. The Hall–Kier alpha value is -1.06. The summed E-state index contributed by atoms with van der Waals surface area (Å²) in [6, 6.07) is 9.81. The summed E-state index contributed by atoms with van der Waals surface area (Å²) in [6.07, 6.45) is 8.20. The molecule has 0 aromatic heterocycles. The van der Waals surface area contributed by atoms with Gasteiger partial charge < -0.3 is 10.5 Å². The van der Waals surface area contributed by atoms with Crippen LogP contribution in [0.25, 0.3) is 0 Å². The predicted octanol–water partition coefficient (Wildman–Crippen LogP) is 3.19. The smallest absolute Gasteiger partial charge is 0.0586 e. The molecule has 0 amide bonds. The van der Waals surface area contributed by atoms with Gasteiger partial charge in [-0.15, -0.1) is 0 Å². The van der Waals surface area contributed by atoms with Crippen molar-refractivity contribution in [1.82, 2.24) is 4.90 Å². The lowest BCUT2D eigenvalue weighted by atomic mass is 9.91. The van der Waals surface area contributed by atoms with E-state index >= 15 is 0 Å². The molecule has 2 saturated carbocycles. The van der Waals surface area contributed by atoms with Gasteiger partial charge in [0.05, 0.1) is 6.10 Å². The van der Waals surface area contributed by atoms with E-state index in [0.717, 1.165) is 18.3 Å². The molecular formula is C17H26N2O. The summed E-state index contributed by atoms with van der Waals surface area (Å²) in [6.45, 7) is 1.04. The maximum absolute atomic E-state index is 5.91. The van der Waals surface area contributed by atoms with Crippen molar-refractivity contribution in [1.29, 1.82) is 0 Å². The van der Waals surface area contributed by atoms with Gasteiger partial charge in [0.1, 0.15) is 0 Å². The van der Waals surface area contributed by atoms with Crippen LogP contribution < -0.4 is 5.73 Å². The van der Waals surface area contributed by atoms with Crippen molar-refractivity contribution >= 4 is 5.69 Å². The molecule has 2 unspecified atom stereocenters. The fraction of sp³-hybridized carbons (Fsp3) is 0.647. The SMILES string of the molecule is COC1CCCC(N(Cc2cccc(N)c2)C2CC2)C1. The average Bonchev–Trinajstić information content (AvgIpc) is 3.29. The van der Waals surface area contributed by atoms with Crippen LogP contribution in [0.15, 0.2) is 24.3 Å². The lowest BCUT2D eigenvalue weighted by Crippen LogP contribution is -2.41. The fourth-order valence-electron chi connectivity index (χ4n) is 3.50. The van der Waals surface area contributed by atoms with Crippen LogP contribution in [0.4, 0.5) is 5.69 Å². The Bertz CT molecular complexity index is 444. The Kier molecular flexibility index (Phi) is 4.27. The van der Waals surface area contributed by atoms with Crippen molar-refractivity contribution in [2.45, 2.75) is 63.3 Å². The molecule has 0 aliphatic heterocycles. The van der Waals surface area contributed by atoms with E-state index in [1.165, 1.54) is 44.1 Å². The van der Waals surface area contributed by atoms with Gasteiger partial charge in [-0.1, -0.05) is 12.1 Å². The molecule has 2 aliphatic rings. The highest BCUT2D eigenvalue weighted by Crippen LogP contribution is 2.35. The summed E-state index contributed by atoms with van der Waals surface area (Å²) < 4.78 is 5.59. The zero-order chi connectivity index (χ0) is 13.9. The molecule has 0 saturated heterocycles.